The zero-order chi connectivity index (χ0) is 15.7. The smallest absolute Gasteiger partial charge is 0.242 e. The van der Waals surface area contributed by atoms with E-state index in [4.69, 9.17) is 0 Å². The molecule has 0 spiro atoms. The molecule has 0 aliphatic carbocycles. The van der Waals surface area contributed by atoms with Crippen LogP contribution < -0.4 is 5.32 Å². The van der Waals surface area contributed by atoms with Crippen LogP contribution in [0.5, 0.6) is 0 Å². The average Bonchev–Trinajstić information content (AvgIpc) is 2.50. The Labute approximate surface area is 127 Å². The van der Waals surface area contributed by atoms with Crippen LogP contribution in [0.2, 0.25) is 0 Å². The van der Waals surface area contributed by atoms with Gasteiger partial charge in [0.15, 0.2) is 0 Å². The van der Waals surface area contributed by atoms with E-state index in [2.05, 4.69) is 5.32 Å². The van der Waals surface area contributed by atoms with Gasteiger partial charge < -0.3 is 10.2 Å². The zero-order valence-electron chi connectivity index (χ0n) is 13.3. The molecule has 0 unspecified atom stereocenters. The number of carbonyl (C=O) groups excluding carboxylic acids is 2. The molecule has 0 fully saturated rings. The van der Waals surface area contributed by atoms with Crippen molar-refractivity contribution in [2.24, 2.45) is 0 Å². The zero-order valence-corrected chi connectivity index (χ0v) is 13.3. The summed E-state index contributed by atoms with van der Waals surface area (Å²) >= 11 is 0. The lowest BCUT2D eigenvalue weighted by Crippen LogP contribution is -2.47. The Morgan fingerprint density at radius 2 is 1.81 bits per heavy atom. The molecule has 0 heterocycles. The molecule has 0 aliphatic heterocycles. The van der Waals surface area contributed by atoms with Crippen LogP contribution in [-0.2, 0) is 16.1 Å². The molecule has 1 aromatic carbocycles. The number of amides is 2. The Balaban J connectivity index is 2.81. The molecular formula is C17H26N2O2. The maximum atomic E-state index is 12.3. The predicted octanol–water partition coefficient (Wildman–Crippen LogP) is 2.73. The van der Waals surface area contributed by atoms with E-state index < -0.39 is 6.04 Å². The van der Waals surface area contributed by atoms with Gasteiger partial charge in [-0.25, -0.2) is 0 Å². The van der Waals surface area contributed by atoms with Crippen molar-refractivity contribution < 1.29 is 9.59 Å². The largest absolute Gasteiger partial charge is 0.354 e. The maximum Gasteiger partial charge on any atom is 0.242 e. The Bertz CT molecular complexity index is 445. The topological polar surface area (TPSA) is 49.4 Å². The van der Waals surface area contributed by atoms with E-state index in [0.717, 1.165) is 18.4 Å². The number of carbonyl (C=O) groups is 2. The molecule has 0 aliphatic rings. The molecule has 1 N–H and O–H groups in total. The minimum absolute atomic E-state index is 0.0282. The monoisotopic (exact) mass is 290 g/mol. The van der Waals surface area contributed by atoms with E-state index in [0.29, 0.717) is 19.5 Å². The fourth-order valence-electron chi connectivity index (χ4n) is 2.12. The van der Waals surface area contributed by atoms with E-state index >= 15 is 0 Å². The highest BCUT2D eigenvalue weighted by molar-refractivity contribution is 5.87. The minimum Gasteiger partial charge on any atom is -0.354 e. The summed E-state index contributed by atoms with van der Waals surface area (Å²) < 4.78 is 0. The second-order valence-corrected chi connectivity index (χ2v) is 5.22. The molecule has 1 aromatic rings. The minimum atomic E-state index is -0.448. The Kier molecular flexibility index (Phi) is 7.51. The molecule has 0 bridgehead atoms. The van der Waals surface area contributed by atoms with Gasteiger partial charge in [-0.3, -0.25) is 9.59 Å². The molecule has 0 radical (unpaired) electrons. The summed E-state index contributed by atoms with van der Waals surface area (Å²) in [5, 5.41) is 2.86. The van der Waals surface area contributed by atoms with Gasteiger partial charge in [0.25, 0.3) is 0 Å². The third-order valence-corrected chi connectivity index (χ3v) is 3.38. The number of benzene rings is 1. The van der Waals surface area contributed by atoms with Crippen molar-refractivity contribution in [2.75, 3.05) is 6.54 Å². The first kappa shape index (κ1) is 17.2. The molecule has 0 saturated heterocycles. The van der Waals surface area contributed by atoms with Crippen molar-refractivity contribution >= 4 is 11.8 Å². The van der Waals surface area contributed by atoms with Gasteiger partial charge in [-0.15, -0.1) is 0 Å². The van der Waals surface area contributed by atoms with Gasteiger partial charge in [-0.1, -0.05) is 44.2 Å². The molecular weight excluding hydrogens is 264 g/mol. The summed E-state index contributed by atoms with van der Waals surface area (Å²) in [6.45, 7) is 6.89. The van der Waals surface area contributed by atoms with E-state index in [-0.39, 0.29) is 11.8 Å². The summed E-state index contributed by atoms with van der Waals surface area (Å²) in [5.41, 5.74) is 1.04. The standard InChI is InChI=1S/C17H26N2O2/c1-4-9-16(20)19(13-15-10-7-6-8-11-15)14(3)17(21)18-12-5-2/h6-8,10-11,14H,4-5,9,12-13H2,1-3H3,(H,18,21)/t14-/m0/s1. The lowest BCUT2D eigenvalue weighted by Gasteiger charge is -2.28. The van der Waals surface area contributed by atoms with Crippen LogP contribution >= 0.6 is 0 Å². The second-order valence-electron chi connectivity index (χ2n) is 5.22. The van der Waals surface area contributed by atoms with Crippen molar-refractivity contribution in [2.45, 2.75) is 52.6 Å². The molecule has 21 heavy (non-hydrogen) atoms. The number of nitrogens with zero attached hydrogens (tertiary/aromatic N) is 1. The Morgan fingerprint density at radius 3 is 2.38 bits per heavy atom. The summed E-state index contributed by atoms with van der Waals surface area (Å²) in [7, 11) is 0. The van der Waals surface area contributed by atoms with Crippen molar-refractivity contribution in [1.82, 2.24) is 10.2 Å². The van der Waals surface area contributed by atoms with Crippen LogP contribution in [0.3, 0.4) is 0 Å². The van der Waals surface area contributed by atoms with Crippen LogP contribution in [0, 0.1) is 0 Å². The van der Waals surface area contributed by atoms with Crippen LogP contribution in [0.15, 0.2) is 30.3 Å². The van der Waals surface area contributed by atoms with Gasteiger partial charge in [-0.2, -0.15) is 0 Å². The van der Waals surface area contributed by atoms with E-state index in [9.17, 15) is 9.59 Å². The lowest BCUT2D eigenvalue weighted by molar-refractivity contribution is -0.140. The molecule has 1 atom stereocenters. The van der Waals surface area contributed by atoms with Gasteiger partial charge in [-0.05, 0) is 25.3 Å². The van der Waals surface area contributed by atoms with E-state index in [1.165, 1.54) is 0 Å². The van der Waals surface area contributed by atoms with Crippen LogP contribution in [0.1, 0.15) is 45.6 Å². The highest BCUT2D eigenvalue weighted by Gasteiger charge is 2.25. The normalized spacial score (nSPS) is 11.8. The third kappa shape index (κ3) is 5.58. The Hall–Kier alpha value is -1.84. The van der Waals surface area contributed by atoms with Gasteiger partial charge in [0.1, 0.15) is 6.04 Å². The molecule has 1 rings (SSSR count). The first-order valence-corrected chi connectivity index (χ1v) is 7.71. The number of hydrogen-bond donors (Lipinski definition) is 1. The third-order valence-electron chi connectivity index (χ3n) is 3.38. The molecule has 4 nitrogen and oxygen atoms in total. The fourth-order valence-corrected chi connectivity index (χ4v) is 2.12. The van der Waals surface area contributed by atoms with Gasteiger partial charge in [0, 0.05) is 19.5 Å². The SMILES string of the molecule is CCCNC(=O)[C@H](C)N(Cc1ccccc1)C(=O)CCC. The van der Waals surface area contributed by atoms with Crippen molar-refractivity contribution in [3.05, 3.63) is 35.9 Å². The van der Waals surface area contributed by atoms with Crippen LogP contribution in [-0.4, -0.2) is 29.3 Å². The lowest BCUT2D eigenvalue weighted by atomic mass is 10.1. The van der Waals surface area contributed by atoms with Crippen molar-refractivity contribution in [3.8, 4) is 0 Å². The first-order valence-electron chi connectivity index (χ1n) is 7.71. The number of nitrogens with one attached hydrogen (secondary N) is 1. The summed E-state index contributed by atoms with van der Waals surface area (Å²) in [6.07, 6.45) is 2.14. The van der Waals surface area contributed by atoms with Crippen LogP contribution in [0.4, 0.5) is 0 Å². The molecule has 0 aromatic heterocycles. The van der Waals surface area contributed by atoms with E-state index in [1.54, 1.807) is 11.8 Å². The average molecular weight is 290 g/mol. The predicted molar refractivity (Wildman–Crippen MR) is 84.7 cm³/mol. The fraction of sp³-hybridized carbons (Fsp3) is 0.529. The van der Waals surface area contributed by atoms with Gasteiger partial charge >= 0.3 is 0 Å². The number of rotatable bonds is 8. The summed E-state index contributed by atoms with van der Waals surface area (Å²) in [4.78, 5) is 26.1. The first-order chi connectivity index (χ1) is 10.1. The van der Waals surface area contributed by atoms with Crippen molar-refractivity contribution in [3.63, 3.8) is 0 Å². The Morgan fingerprint density at radius 1 is 1.14 bits per heavy atom. The molecule has 116 valence electrons. The molecule has 4 heteroatoms. The number of hydrogen-bond acceptors (Lipinski definition) is 2. The summed E-state index contributed by atoms with van der Waals surface area (Å²) in [6, 6.07) is 9.33. The quantitative estimate of drug-likeness (QED) is 0.800. The van der Waals surface area contributed by atoms with Crippen LogP contribution in [0.25, 0.3) is 0 Å². The van der Waals surface area contributed by atoms with Gasteiger partial charge in [0.2, 0.25) is 11.8 Å². The highest BCUT2D eigenvalue weighted by Crippen LogP contribution is 2.11. The van der Waals surface area contributed by atoms with E-state index in [1.807, 2.05) is 44.2 Å². The molecule has 0 saturated carbocycles. The highest BCUT2D eigenvalue weighted by atomic mass is 16.2. The molecule has 2 amide bonds. The maximum absolute atomic E-state index is 12.3. The summed E-state index contributed by atoms with van der Waals surface area (Å²) in [5.74, 6) is -0.0577. The second kappa shape index (κ2) is 9.16. The van der Waals surface area contributed by atoms with Gasteiger partial charge in [0.05, 0.1) is 0 Å². The van der Waals surface area contributed by atoms with Crippen molar-refractivity contribution in [1.29, 1.82) is 0 Å².